The summed E-state index contributed by atoms with van der Waals surface area (Å²) in [5.74, 6) is -0.909. The van der Waals surface area contributed by atoms with Crippen LogP contribution in [0.4, 0.5) is 9.02 Å². The van der Waals surface area contributed by atoms with Crippen LogP contribution in [0.15, 0.2) is 0 Å². The molecule has 0 spiro atoms. The van der Waals surface area contributed by atoms with E-state index < -0.39 is 21.9 Å². The first-order valence-electron chi connectivity index (χ1n) is 7.48. The molecule has 2 heterocycles. The van der Waals surface area contributed by atoms with E-state index in [0.29, 0.717) is 11.0 Å². The maximum atomic E-state index is 12.8. The van der Waals surface area contributed by atoms with Crippen molar-refractivity contribution >= 4 is 32.6 Å². The molecular weight excluding hydrogens is 329 g/mol. The second-order valence-corrected chi connectivity index (χ2v) is 8.44. The molecule has 9 heteroatoms. The van der Waals surface area contributed by atoms with E-state index in [1.54, 1.807) is 0 Å². The number of rotatable bonds is 4. The molecule has 2 aliphatic rings. The number of aromatic nitrogens is 2. The van der Waals surface area contributed by atoms with Crippen LogP contribution in [0.5, 0.6) is 0 Å². The third-order valence-corrected chi connectivity index (χ3v) is 6.23. The summed E-state index contributed by atoms with van der Waals surface area (Å²) >= 11 is 1.40. The minimum Gasteiger partial charge on any atom is -0.286 e. The Morgan fingerprint density at radius 1 is 1.23 bits per heavy atom. The normalized spacial score (nSPS) is 24.1. The smallest absolute Gasteiger partial charge is 0.286 e. The Hall–Kier alpha value is -1.09. The van der Waals surface area contributed by atoms with Gasteiger partial charge in [-0.25, -0.2) is 0 Å². The summed E-state index contributed by atoms with van der Waals surface area (Å²) < 4.78 is 34.2. The van der Waals surface area contributed by atoms with Gasteiger partial charge in [-0.15, -0.1) is 14.1 Å². The standard InChI is InChI=1S/C13H18FN3O3S2/c14-22(19,20)8-9-6-11(18)17(7-9)13-16-15-12(21-13)10-4-2-1-3-5-10/h9-10H,1-8H2. The summed E-state index contributed by atoms with van der Waals surface area (Å²) in [5.41, 5.74) is 0. The van der Waals surface area contributed by atoms with Crippen LogP contribution < -0.4 is 4.90 Å². The lowest BCUT2D eigenvalue weighted by atomic mass is 9.90. The molecule has 1 aliphatic heterocycles. The lowest BCUT2D eigenvalue weighted by molar-refractivity contribution is -0.117. The molecule has 1 saturated carbocycles. The second kappa shape index (κ2) is 6.19. The number of anilines is 1. The Morgan fingerprint density at radius 3 is 2.64 bits per heavy atom. The molecular formula is C13H18FN3O3S2. The highest BCUT2D eigenvalue weighted by Gasteiger charge is 2.35. The number of hydrogen-bond acceptors (Lipinski definition) is 6. The minimum absolute atomic E-state index is 0.0431. The number of carbonyl (C=O) groups is 1. The zero-order chi connectivity index (χ0) is 15.7. The first-order chi connectivity index (χ1) is 10.4. The Bertz CT molecular complexity index is 655. The highest BCUT2D eigenvalue weighted by molar-refractivity contribution is 7.86. The highest BCUT2D eigenvalue weighted by Crippen LogP contribution is 2.37. The molecule has 22 heavy (non-hydrogen) atoms. The van der Waals surface area contributed by atoms with Gasteiger partial charge in [0.2, 0.25) is 11.0 Å². The Morgan fingerprint density at radius 2 is 1.95 bits per heavy atom. The monoisotopic (exact) mass is 347 g/mol. The van der Waals surface area contributed by atoms with Gasteiger partial charge in [0, 0.05) is 24.8 Å². The summed E-state index contributed by atoms with van der Waals surface area (Å²) in [6, 6.07) is 0. The number of nitrogens with zero attached hydrogens (tertiary/aromatic N) is 3. The SMILES string of the molecule is O=C1CC(CS(=O)(=O)F)CN1c1nnc(C2CCCCC2)s1. The van der Waals surface area contributed by atoms with Crippen LogP contribution in [0, 0.1) is 5.92 Å². The molecule has 1 saturated heterocycles. The third kappa shape index (κ3) is 3.62. The molecule has 3 rings (SSSR count). The summed E-state index contributed by atoms with van der Waals surface area (Å²) in [6.45, 7) is 0.196. The predicted octanol–water partition coefficient (Wildman–Crippen LogP) is 2.24. The molecule has 6 nitrogen and oxygen atoms in total. The average molecular weight is 347 g/mol. The predicted molar refractivity (Wildman–Crippen MR) is 81.1 cm³/mol. The van der Waals surface area contributed by atoms with Crippen molar-refractivity contribution in [3.05, 3.63) is 5.01 Å². The quantitative estimate of drug-likeness (QED) is 0.780. The molecule has 2 fully saturated rings. The largest absolute Gasteiger partial charge is 0.302 e. The van der Waals surface area contributed by atoms with Gasteiger partial charge in [0.25, 0.3) is 0 Å². The fourth-order valence-electron chi connectivity index (χ4n) is 3.21. The second-order valence-electron chi connectivity index (χ2n) is 6.04. The van der Waals surface area contributed by atoms with Crippen LogP contribution in [-0.2, 0) is 15.0 Å². The van der Waals surface area contributed by atoms with Crippen molar-refractivity contribution in [3.63, 3.8) is 0 Å². The number of halogens is 1. The topological polar surface area (TPSA) is 80.2 Å². The Balaban J connectivity index is 1.69. The van der Waals surface area contributed by atoms with E-state index in [1.165, 1.54) is 35.5 Å². The molecule has 0 radical (unpaired) electrons. The van der Waals surface area contributed by atoms with Crippen molar-refractivity contribution < 1.29 is 17.1 Å². The molecule has 1 amide bonds. The number of hydrogen-bond donors (Lipinski definition) is 0. The summed E-state index contributed by atoms with van der Waals surface area (Å²) in [5, 5.41) is 9.74. The lowest BCUT2D eigenvalue weighted by Crippen LogP contribution is -2.25. The Labute approximate surface area is 132 Å². The van der Waals surface area contributed by atoms with E-state index in [0.717, 1.165) is 17.8 Å². The van der Waals surface area contributed by atoms with Crippen molar-refractivity contribution in [3.8, 4) is 0 Å². The van der Waals surface area contributed by atoms with Crippen molar-refractivity contribution in [2.75, 3.05) is 17.2 Å². The molecule has 122 valence electrons. The highest BCUT2D eigenvalue weighted by atomic mass is 32.3. The molecule has 1 atom stereocenters. The van der Waals surface area contributed by atoms with Gasteiger partial charge in [0.15, 0.2) is 0 Å². The van der Waals surface area contributed by atoms with Gasteiger partial charge in [-0.3, -0.25) is 9.69 Å². The third-order valence-electron chi connectivity index (χ3n) is 4.26. The van der Waals surface area contributed by atoms with E-state index in [1.807, 2.05) is 0 Å². The molecule has 0 aromatic carbocycles. The lowest BCUT2D eigenvalue weighted by Gasteiger charge is -2.18. The van der Waals surface area contributed by atoms with E-state index in [-0.39, 0.29) is 18.9 Å². The summed E-state index contributed by atoms with van der Waals surface area (Å²) in [6.07, 6.45) is 5.89. The van der Waals surface area contributed by atoms with Crippen molar-refractivity contribution in [2.24, 2.45) is 5.92 Å². The van der Waals surface area contributed by atoms with Crippen LogP contribution >= 0.6 is 11.3 Å². The van der Waals surface area contributed by atoms with Crippen LogP contribution in [0.2, 0.25) is 0 Å². The van der Waals surface area contributed by atoms with E-state index in [2.05, 4.69) is 10.2 Å². The fourth-order valence-corrected chi connectivity index (χ4v) is 5.04. The Kier molecular flexibility index (Phi) is 4.44. The molecule has 0 bridgehead atoms. The molecule has 1 aromatic heterocycles. The molecule has 1 aliphatic carbocycles. The zero-order valence-corrected chi connectivity index (χ0v) is 13.7. The van der Waals surface area contributed by atoms with E-state index in [4.69, 9.17) is 0 Å². The molecule has 0 N–H and O–H groups in total. The van der Waals surface area contributed by atoms with Gasteiger partial charge >= 0.3 is 10.2 Å². The minimum atomic E-state index is -4.56. The number of amides is 1. The summed E-state index contributed by atoms with van der Waals surface area (Å²) in [7, 11) is -4.56. The van der Waals surface area contributed by atoms with Gasteiger partial charge < -0.3 is 0 Å². The van der Waals surface area contributed by atoms with Gasteiger partial charge in [-0.2, -0.15) is 8.42 Å². The zero-order valence-electron chi connectivity index (χ0n) is 12.1. The van der Waals surface area contributed by atoms with Gasteiger partial charge in [-0.05, 0) is 12.8 Å². The van der Waals surface area contributed by atoms with Crippen LogP contribution in [-0.4, -0.2) is 36.8 Å². The average Bonchev–Trinajstić information content (AvgIpc) is 3.05. The van der Waals surface area contributed by atoms with Gasteiger partial charge in [-0.1, -0.05) is 30.6 Å². The number of carbonyl (C=O) groups excluding carboxylic acids is 1. The summed E-state index contributed by atoms with van der Waals surface area (Å²) in [4.78, 5) is 13.4. The van der Waals surface area contributed by atoms with E-state index >= 15 is 0 Å². The van der Waals surface area contributed by atoms with E-state index in [9.17, 15) is 17.1 Å². The van der Waals surface area contributed by atoms with Gasteiger partial charge in [0.1, 0.15) is 5.01 Å². The van der Waals surface area contributed by atoms with Crippen molar-refractivity contribution in [1.29, 1.82) is 0 Å². The van der Waals surface area contributed by atoms with Gasteiger partial charge in [0.05, 0.1) is 5.75 Å². The van der Waals surface area contributed by atoms with Crippen LogP contribution in [0.25, 0.3) is 0 Å². The maximum Gasteiger partial charge on any atom is 0.302 e. The first kappa shape index (κ1) is 15.8. The fraction of sp³-hybridized carbons (Fsp3) is 0.769. The molecule has 1 unspecified atom stereocenters. The maximum absolute atomic E-state index is 12.8. The first-order valence-corrected chi connectivity index (χ1v) is 9.85. The van der Waals surface area contributed by atoms with Crippen molar-refractivity contribution in [1.82, 2.24) is 10.2 Å². The molecule has 1 aromatic rings. The van der Waals surface area contributed by atoms with Crippen LogP contribution in [0.3, 0.4) is 0 Å². The van der Waals surface area contributed by atoms with Crippen molar-refractivity contribution in [2.45, 2.75) is 44.4 Å². The van der Waals surface area contributed by atoms with Crippen LogP contribution in [0.1, 0.15) is 49.5 Å².